The molecule has 0 atom stereocenters. The average molecular weight is 463 g/mol. The van der Waals surface area contributed by atoms with E-state index in [4.69, 9.17) is 10.5 Å². The fourth-order valence-electron chi connectivity index (χ4n) is 3.76. The third-order valence-electron chi connectivity index (χ3n) is 5.69. The van der Waals surface area contributed by atoms with E-state index in [2.05, 4.69) is 5.32 Å². The van der Waals surface area contributed by atoms with Gasteiger partial charge in [0.15, 0.2) is 0 Å². The van der Waals surface area contributed by atoms with Gasteiger partial charge in [-0.25, -0.2) is 13.2 Å². The molecule has 11 heteroatoms. The Kier molecular flexibility index (Phi) is 6.70. The van der Waals surface area contributed by atoms with Crippen molar-refractivity contribution < 1.29 is 27.5 Å². The smallest absolute Gasteiger partial charge is 0.338 e. The maximum absolute atomic E-state index is 12.9. The number of amides is 2. The molecule has 10 nitrogen and oxygen atoms in total. The van der Waals surface area contributed by atoms with E-state index in [1.165, 1.54) is 28.2 Å². The van der Waals surface area contributed by atoms with E-state index in [9.17, 15) is 22.8 Å². The summed E-state index contributed by atoms with van der Waals surface area (Å²) in [5.41, 5.74) is 6.84. The van der Waals surface area contributed by atoms with E-state index >= 15 is 0 Å². The van der Waals surface area contributed by atoms with Crippen molar-refractivity contribution in [2.24, 2.45) is 18.7 Å². The topological polar surface area (TPSA) is 141 Å². The molecule has 2 aromatic rings. The zero-order chi connectivity index (χ0) is 23.6. The molecular formula is C21H26N4O6S. The molecule has 1 aromatic carbocycles. The van der Waals surface area contributed by atoms with Gasteiger partial charge in [-0.3, -0.25) is 9.59 Å². The van der Waals surface area contributed by atoms with E-state index in [0.717, 1.165) is 0 Å². The van der Waals surface area contributed by atoms with Gasteiger partial charge in [-0.15, -0.1) is 0 Å². The maximum Gasteiger partial charge on any atom is 0.338 e. The van der Waals surface area contributed by atoms with Crippen LogP contribution in [0.25, 0.3) is 0 Å². The molecule has 1 aliphatic heterocycles. The number of rotatable bonds is 6. The monoisotopic (exact) mass is 462 g/mol. The van der Waals surface area contributed by atoms with Gasteiger partial charge in [0, 0.05) is 37.9 Å². The van der Waals surface area contributed by atoms with Gasteiger partial charge in [0.1, 0.15) is 10.6 Å². The van der Waals surface area contributed by atoms with E-state index in [1.807, 2.05) is 0 Å². The van der Waals surface area contributed by atoms with Gasteiger partial charge in [-0.05, 0) is 43.5 Å². The van der Waals surface area contributed by atoms with Crippen LogP contribution in [-0.2, 0) is 26.6 Å². The van der Waals surface area contributed by atoms with Gasteiger partial charge in [0.05, 0.1) is 12.7 Å². The van der Waals surface area contributed by atoms with Crippen molar-refractivity contribution in [1.82, 2.24) is 8.87 Å². The number of nitrogens with zero attached hydrogens (tertiary/aromatic N) is 2. The van der Waals surface area contributed by atoms with Crippen molar-refractivity contribution in [1.29, 1.82) is 0 Å². The van der Waals surface area contributed by atoms with E-state index in [-0.39, 0.29) is 35.5 Å². The third-order valence-corrected chi connectivity index (χ3v) is 7.56. The number of carbonyl (C=O) groups is 3. The first-order valence-corrected chi connectivity index (χ1v) is 11.5. The van der Waals surface area contributed by atoms with Crippen LogP contribution in [0.15, 0.2) is 35.4 Å². The zero-order valence-corrected chi connectivity index (χ0v) is 18.9. The van der Waals surface area contributed by atoms with Crippen LogP contribution in [-0.4, -0.2) is 55.3 Å². The lowest BCUT2D eigenvalue weighted by Gasteiger charge is -2.30. The van der Waals surface area contributed by atoms with Crippen molar-refractivity contribution in [3.8, 4) is 0 Å². The Labute approximate surface area is 186 Å². The molecule has 32 heavy (non-hydrogen) atoms. The van der Waals surface area contributed by atoms with Crippen molar-refractivity contribution >= 4 is 33.5 Å². The highest BCUT2D eigenvalue weighted by atomic mass is 32.2. The number of benzene rings is 1. The molecule has 2 heterocycles. The summed E-state index contributed by atoms with van der Waals surface area (Å²) in [7, 11) is -0.969. The number of primary amides is 1. The molecular weight excluding hydrogens is 436 g/mol. The summed E-state index contributed by atoms with van der Waals surface area (Å²) in [6.07, 6.45) is 2.04. The molecule has 172 valence electrons. The molecule has 0 spiro atoms. The Hall–Kier alpha value is -3.18. The minimum absolute atomic E-state index is 0.00745. The molecule has 0 bridgehead atoms. The number of hydrogen-bond donors (Lipinski definition) is 2. The number of carbonyl (C=O) groups excluding carboxylic acids is 3. The summed E-state index contributed by atoms with van der Waals surface area (Å²) >= 11 is 0. The minimum atomic E-state index is -3.81. The van der Waals surface area contributed by atoms with Gasteiger partial charge < -0.3 is 20.4 Å². The van der Waals surface area contributed by atoms with Crippen LogP contribution in [0.5, 0.6) is 0 Å². The van der Waals surface area contributed by atoms with Crippen molar-refractivity contribution in [3.05, 3.63) is 47.3 Å². The fraction of sp³-hybridized carbons (Fsp3) is 0.381. The fourth-order valence-corrected chi connectivity index (χ4v) is 5.31. The number of ether oxygens (including phenoxy) is 1. The quantitative estimate of drug-likeness (QED) is 0.619. The van der Waals surface area contributed by atoms with Crippen LogP contribution in [0.1, 0.15) is 39.3 Å². The Balaban J connectivity index is 1.67. The number of aromatic nitrogens is 1. The molecule has 3 N–H and O–H groups in total. The highest BCUT2D eigenvalue weighted by molar-refractivity contribution is 7.89. The molecule has 2 amide bonds. The number of nitrogens with two attached hydrogens (primary N) is 1. The summed E-state index contributed by atoms with van der Waals surface area (Å²) < 4.78 is 33.3. The number of aryl methyl sites for hydroxylation is 1. The molecule has 0 saturated carbocycles. The number of sulfonamides is 1. The lowest BCUT2D eigenvalue weighted by atomic mass is 9.96. The van der Waals surface area contributed by atoms with Crippen LogP contribution >= 0.6 is 0 Å². The number of anilines is 1. The Morgan fingerprint density at radius 2 is 1.84 bits per heavy atom. The normalized spacial score (nSPS) is 15.3. The van der Waals surface area contributed by atoms with Gasteiger partial charge in [-0.2, -0.15) is 4.31 Å². The molecule has 1 aliphatic rings. The Bertz CT molecular complexity index is 1160. The number of esters is 1. The average Bonchev–Trinajstić information content (AvgIpc) is 3.17. The van der Waals surface area contributed by atoms with Crippen LogP contribution in [0.3, 0.4) is 0 Å². The van der Waals surface area contributed by atoms with Crippen molar-refractivity contribution in [3.63, 3.8) is 0 Å². The standard InChI is InChI=1S/C21H26N4O6S/c1-13-16(21(28)31-3)5-4-6-17(13)23-20(27)14-7-9-25(10-8-14)32(29,30)15-11-18(19(22)26)24(2)12-15/h4-6,11-12,14H,7-10H2,1-3H3,(H2,22,26)(H,23,27). The van der Waals surface area contributed by atoms with E-state index < -0.39 is 21.9 Å². The predicted octanol–water partition coefficient (Wildman–Crippen LogP) is 1.26. The first-order valence-electron chi connectivity index (χ1n) is 10.0. The Morgan fingerprint density at radius 3 is 2.41 bits per heavy atom. The first-order chi connectivity index (χ1) is 15.1. The molecule has 3 rings (SSSR count). The lowest BCUT2D eigenvalue weighted by Crippen LogP contribution is -2.41. The number of hydrogen-bond acceptors (Lipinski definition) is 6. The molecule has 1 saturated heterocycles. The maximum atomic E-state index is 12.9. The van der Waals surface area contributed by atoms with Crippen LogP contribution in [0.2, 0.25) is 0 Å². The second kappa shape index (κ2) is 9.13. The van der Waals surface area contributed by atoms with Gasteiger partial charge >= 0.3 is 5.97 Å². The second-order valence-electron chi connectivity index (χ2n) is 7.67. The van der Waals surface area contributed by atoms with Gasteiger partial charge in [-0.1, -0.05) is 6.07 Å². The van der Waals surface area contributed by atoms with Gasteiger partial charge in [0.25, 0.3) is 5.91 Å². The molecule has 0 radical (unpaired) electrons. The molecule has 1 fully saturated rings. The molecule has 1 aromatic heterocycles. The highest BCUT2D eigenvalue weighted by Gasteiger charge is 2.33. The second-order valence-corrected chi connectivity index (χ2v) is 9.61. The third kappa shape index (κ3) is 4.53. The SMILES string of the molecule is COC(=O)c1cccc(NC(=O)C2CCN(S(=O)(=O)c3cc(C(N)=O)n(C)c3)CC2)c1C. The minimum Gasteiger partial charge on any atom is -0.465 e. The van der Waals surface area contributed by atoms with E-state index in [0.29, 0.717) is 29.7 Å². The summed E-state index contributed by atoms with van der Waals surface area (Å²) in [6, 6.07) is 6.23. The lowest BCUT2D eigenvalue weighted by molar-refractivity contribution is -0.120. The van der Waals surface area contributed by atoms with E-state index in [1.54, 1.807) is 32.2 Å². The van der Waals surface area contributed by atoms with Crippen LogP contribution in [0.4, 0.5) is 5.69 Å². The molecule has 0 unspecified atom stereocenters. The number of nitrogens with one attached hydrogen (secondary N) is 1. The predicted molar refractivity (Wildman–Crippen MR) is 117 cm³/mol. The number of piperidine rings is 1. The van der Waals surface area contributed by atoms with Crippen molar-refractivity contribution in [2.75, 3.05) is 25.5 Å². The first kappa shape index (κ1) is 23.5. The van der Waals surface area contributed by atoms with Gasteiger partial charge in [0.2, 0.25) is 15.9 Å². The summed E-state index contributed by atoms with van der Waals surface area (Å²) in [6.45, 7) is 2.06. The van der Waals surface area contributed by atoms with Crippen molar-refractivity contribution in [2.45, 2.75) is 24.7 Å². The number of methoxy groups -OCH3 is 1. The summed E-state index contributed by atoms with van der Waals surface area (Å²) in [5.74, 6) is -1.81. The molecule has 0 aliphatic carbocycles. The highest BCUT2D eigenvalue weighted by Crippen LogP contribution is 2.27. The van der Waals surface area contributed by atoms with Crippen LogP contribution in [0, 0.1) is 12.8 Å². The van der Waals surface area contributed by atoms with Crippen LogP contribution < -0.4 is 11.1 Å². The largest absolute Gasteiger partial charge is 0.465 e. The Morgan fingerprint density at radius 1 is 1.19 bits per heavy atom. The zero-order valence-electron chi connectivity index (χ0n) is 18.1. The summed E-state index contributed by atoms with van der Waals surface area (Å²) in [4.78, 5) is 36.0. The summed E-state index contributed by atoms with van der Waals surface area (Å²) in [5, 5.41) is 2.84.